The predicted octanol–water partition coefficient (Wildman–Crippen LogP) is 2.95. The van der Waals surface area contributed by atoms with Crippen molar-refractivity contribution in [2.45, 2.75) is 13.3 Å². The summed E-state index contributed by atoms with van der Waals surface area (Å²) in [5.41, 5.74) is 1.05. The minimum atomic E-state index is -0.0356. The Labute approximate surface area is 105 Å². The van der Waals surface area contributed by atoms with Gasteiger partial charge in [-0.1, -0.05) is 37.3 Å². The Morgan fingerprint density at radius 1 is 1.35 bits per heavy atom. The fourth-order valence-corrected chi connectivity index (χ4v) is 2.26. The highest BCUT2D eigenvalue weighted by atomic mass is 32.1. The zero-order valence-corrected chi connectivity index (χ0v) is 10.5. The number of aromatic nitrogens is 1. The van der Waals surface area contributed by atoms with Crippen molar-refractivity contribution in [2.75, 3.05) is 6.54 Å². The molecule has 0 unspecified atom stereocenters. The number of carbonyl (C=O) groups is 1. The summed E-state index contributed by atoms with van der Waals surface area (Å²) < 4.78 is 0. The highest BCUT2D eigenvalue weighted by molar-refractivity contribution is 7.16. The average molecular weight is 246 g/mol. The normalized spacial score (nSPS) is 10.2. The van der Waals surface area contributed by atoms with Gasteiger partial charge in [0.15, 0.2) is 0 Å². The number of rotatable bonds is 4. The Morgan fingerprint density at radius 2 is 2.12 bits per heavy atom. The number of thiazole rings is 1. The lowest BCUT2D eigenvalue weighted by atomic mass is 10.2. The van der Waals surface area contributed by atoms with Gasteiger partial charge in [-0.25, -0.2) is 4.98 Å². The molecule has 88 valence electrons. The molecule has 0 aliphatic rings. The van der Waals surface area contributed by atoms with Gasteiger partial charge < -0.3 is 5.32 Å². The third kappa shape index (κ3) is 2.91. The van der Waals surface area contributed by atoms with Gasteiger partial charge >= 0.3 is 0 Å². The smallest absolute Gasteiger partial charge is 0.263 e. The van der Waals surface area contributed by atoms with E-state index in [9.17, 15) is 4.79 Å². The molecule has 2 rings (SSSR count). The minimum Gasteiger partial charge on any atom is -0.351 e. The van der Waals surface area contributed by atoms with Crippen molar-refractivity contribution in [1.82, 2.24) is 10.3 Å². The maximum Gasteiger partial charge on any atom is 0.263 e. The highest BCUT2D eigenvalue weighted by Gasteiger charge is 2.10. The summed E-state index contributed by atoms with van der Waals surface area (Å²) in [5, 5.41) is 3.73. The van der Waals surface area contributed by atoms with Gasteiger partial charge in [0.1, 0.15) is 9.88 Å². The lowest BCUT2D eigenvalue weighted by molar-refractivity contribution is 0.0957. The largest absolute Gasteiger partial charge is 0.351 e. The summed E-state index contributed by atoms with van der Waals surface area (Å²) in [6.07, 6.45) is 2.58. The van der Waals surface area contributed by atoms with Gasteiger partial charge in [0.2, 0.25) is 0 Å². The highest BCUT2D eigenvalue weighted by Crippen LogP contribution is 2.24. The van der Waals surface area contributed by atoms with Gasteiger partial charge in [0.25, 0.3) is 5.91 Å². The van der Waals surface area contributed by atoms with E-state index in [0.29, 0.717) is 11.4 Å². The molecule has 0 fully saturated rings. The summed E-state index contributed by atoms with van der Waals surface area (Å²) in [7, 11) is 0. The Kier molecular flexibility index (Phi) is 3.88. The van der Waals surface area contributed by atoms with Gasteiger partial charge in [-0.05, 0) is 6.42 Å². The third-order valence-corrected chi connectivity index (χ3v) is 3.33. The fourth-order valence-electron chi connectivity index (χ4n) is 1.42. The summed E-state index contributed by atoms with van der Waals surface area (Å²) in [5.74, 6) is -0.0356. The molecule has 0 radical (unpaired) electrons. The first-order valence-corrected chi connectivity index (χ1v) is 6.42. The van der Waals surface area contributed by atoms with Gasteiger partial charge in [0, 0.05) is 12.1 Å². The Bertz CT molecular complexity index is 493. The van der Waals surface area contributed by atoms with E-state index in [0.717, 1.165) is 17.0 Å². The lowest BCUT2D eigenvalue weighted by Gasteiger charge is -1.98. The van der Waals surface area contributed by atoms with Crippen molar-refractivity contribution in [1.29, 1.82) is 0 Å². The Morgan fingerprint density at radius 3 is 2.82 bits per heavy atom. The van der Waals surface area contributed by atoms with Crippen LogP contribution in [-0.2, 0) is 0 Å². The minimum absolute atomic E-state index is 0.0356. The van der Waals surface area contributed by atoms with Gasteiger partial charge in [-0.2, -0.15) is 0 Å². The molecule has 1 amide bonds. The van der Waals surface area contributed by atoms with Crippen molar-refractivity contribution in [3.8, 4) is 10.6 Å². The number of hydrogen-bond acceptors (Lipinski definition) is 3. The van der Waals surface area contributed by atoms with Crippen LogP contribution in [0.4, 0.5) is 0 Å². The second-order valence-electron chi connectivity index (χ2n) is 3.65. The molecule has 1 aromatic heterocycles. The molecule has 1 N–H and O–H groups in total. The van der Waals surface area contributed by atoms with E-state index in [4.69, 9.17) is 0 Å². The van der Waals surface area contributed by atoms with Crippen LogP contribution in [0.5, 0.6) is 0 Å². The molecule has 3 nitrogen and oxygen atoms in total. The van der Waals surface area contributed by atoms with Crippen molar-refractivity contribution in [3.63, 3.8) is 0 Å². The molecule has 0 aliphatic heterocycles. The van der Waals surface area contributed by atoms with E-state index >= 15 is 0 Å². The van der Waals surface area contributed by atoms with Crippen LogP contribution >= 0.6 is 11.3 Å². The number of carbonyl (C=O) groups excluding carboxylic acids is 1. The monoisotopic (exact) mass is 246 g/mol. The maximum atomic E-state index is 11.7. The molecule has 17 heavy (non-hydrogen) atoms. The summed E-state index contributed by atoms with van der Waals surface area (Å²) in [6, 6.07) is 9.88. The molecule has 2 aromatic rings. The molecule has 0 saturated heterocycles. The number of benzene rings is 1. The first kappa shape index (κ1) is 11.8. The number of amides is 1. The first-order chi connectivity index (χ1) is 8.31. The number of hydrogen-bond donors (Lipinski definition) is 1. The van der Waals surface area contributed by atoms with Crippen molar-refractivity contribution >= 4 is 17.2 Å². The zero-order valence-electron chi connectivity index (χ0n) is 9.64. The fraction of sp³-hybridized carbons (Fsp3) is 0.231. The average Bonchev–Trinajstić information content (AvgIpc) is 2.86. The van der Waals surface area contributed by atoms with E-state index in [1.54, 1.807) is 6.20 Å². The zero-order chi connectivity index (χ0) is 12.1. The molecule has 1 heterocycles. The SMILES string of the molecule is CCCNC(=O)c1cnc(-c2ccccc2)s1. The molecule has 1 aromatic carbocycles. The standard InChI is InChI=1S/C13H14N2OS/c1-2-8-14-12(16)11-9-15-13(17-11)10-6-4-3-5-7-10/h3-7,9H,2,8H2,1H3,(H,14,16). The molecule has 0 atom stereocenters. The summed E-state index contributed by atoms with van der Waals surface area (Å²) in [6.45, 7) is 2.74. The molecule has 4 heteroatoms. The van der Waals surface area contributed by atoms with Gasteiger partial charge in [-0.15, -0.1) is 11.3 Å². The van der Waals surface area contributed by atoms with Crippen LogP contribution in [0, 0.1) is 0 Å². The summed E-state index contributed by atoms with van der Waals surface area (Å²) >= 11 is 1.42. The molecule has 0 saturated carbocycles. The van der Waals surface area contributed by atoms with Crippen molar-refractivity contribution in [3.05, 3.63) is 41.4 Å². The van der Waals surface area contributed by atoms with Crippen LogP contribution in [0.3, 0.4) is 0 Å². The molecular weight excluding hydrogens is 232 g/mol. The van der Waals surface area contributed by atoms with Crippen LogP contribution in [0.2, 0.25) is 0 Å². The van der Waals surface area contributed by atoms with Crippen LogP contribution in [0.1, 0.15) is 23.0 Å². The van der Waals surface area contributed by atoms with Crippen LogP contribution < -0.4 is 5.32 Å². The van der Waals surface area contributed by atoms with Crippen LogP contribution in [-0.4, -0.2) is 17.4 Å². The van der Waals surface area contributed by atoms with Crippen LogP contribution in [0.25, 0.3) is 10.6 Å². The second-order valence-corrected chi connectivity index (χ2v) is 4.68. The molecule has 0 bridgehead atoms. The maximum absolute atomic E-state index is 11.7. The van der Waals surface area contributed by atoms with Gasteiger partial charge in [0.05, 0.1) is 6.20 Å². The summed E-state index contributed by atoms with van der Waals surface area (Å²) in [4.78, 5) is 16.6. The van der Waals surface area contributed by atoms with E-state index in [-0.39, 0.29) is 5.91 Å². The van der Waals surface area contributed by atoms with E-state index < -0.39 is 0 Å². The molecule has 0 aliphatic carbocycles. The Balaban J connectivity index is 2.14. The predicted molar refractivity (Wildman–Crippen MR) is 70.2 cm³/mol. The van der Waals surface area contributed by atoms with E-state index in [1.165, 1.54) is 11.3 Å². The van der Waals surface area contributed by atoms with Crippen molar-refractivity contribution in [2.24, 2.45) is 0 Å². The van der Waals surface area contributed by atoms with E-state index in [1.807, 2.05) is 37.3 Å². The van der Waals surface area contributed by atoms with Gasteiger partial charge in [-0.3, -0.25) is 4.79 Å². The van der Waals surface area contributed by atoms with Crippen molar-refractivity contribution < 1.29 is 4.79 Å². The quantitative estimate of drug-likeness (QED) is 0.901. The molecule has 0 spiro atoms. The first-order valence-electron chi connectivity index (χ1n) is 5.60. The van der Waals surface area contributed by atoms with E-state index in [2.05, 4.69) is 10.3 Å². The Hall–Kier alpha value is -1.68. The van der Waals surface area contributed by atoms with Crippen LogP contribution in [0.15, 0.2) is 36.5 Å². The lowest BCUT2D eigenvalue weighted by Crippen LogP contribution is -2.22. The third-order valence-electron chi connectivity index (χ3n) is 2.29. The topological polar surface area (TPSA) is 42.0 Å². The second kappa shape index (κ2) is 5.59. The number of nitrogens with one attached hydrogen (secondary N) is 1. The number of nitrogens with zero attached hydrogens (tertiary/aromatic N) is 1. The molecular formula is C13H14N2OS.